The fourth-order valence-electron chi connectivity index (χ4n) is 7.05. The van der Waals surface area contributed by atoms with Crippen molar-refractivity contribution in [2.24, 2.45) is 10.8 Å². The van der Waals surface area contributed by atoms with Crippen LogP contribution in [0.5, 0.6) is 11.5 Å². The molecule has 0 saturated carbocycles. The summed E-state index contributed by atoms with van der Waals surface area (Å²) >= 11 is 11.8. The standard InChI is InChI=1S/2C17H15ClF3NO5/c2*1-26-14(25)15(5-2-6-17(19,20)21)8-16(22-13(15)24)12(23)10-7-9(18)3-4-11(10)27-16/h2*3-4,7H,2,5-6,8H2,1H3,(H,22,24)/t2*15-,16+/m10/s1. The van der Waals surface area contributed by atoms with E-state index in [9.17, 15) is 55.1 Å². The highest BCUT2D eigenvalue weighted by atomic mass is 35.5. The van der Waals surface area contributed by atoms with E-state index < -0.39 is 121 Å². The Labute approximate surface area is 312 Å². The predicted octanol–water partition coefficient (Wildman–Crippen LogP) is 6.05. The largest absolute Gasteiger partial charge is 0.468 e. The molecule has 2 amide bonds. The van der Waals surface area contributed by atoms with Crippen LogP contribution in [0.2, 0.25) is 10.0 Å². The van der Waals surface area contributed by atoms with Crippen molar-refractivity contribution in [2.45, 2.75) is 75.2 Å². The third-order valence-electron chi connectivity index (χ3n) is 9.56. The molecular weight excluding hydrogens is 781 g/mol. The summed E-state index contributed by atoms with van der Waals surface area (Å²) in [6.45, 7) is 0. The molecule has 20 heteroatoms. The molecule has 0 radical (unpaired) electrons. The average molecular weight is 812 g/mol. The van der Waals surface area contributed by atoms with Gasteiger partial charge in [-0.2, -0.15) is 26.3 Å². The van der Waals surface area contributed by atoms with Gasteiger partial charge in [-0.3, -0.25) is 28.8 Å². The van der Waals surface area contributed by atoms with Crippen LogP contribution >= 0.6 is 23.2 Å². The predicted molar refractivity (Wildman–Crippen MR) is 173 cm³/mol. The number of nitrogens with one attached hydrogen (secondary N) is 2. The van der Waals surface area contributed by atoms with Crippen LogP contribution in [0, 0.1) is 10.8 Å². The summed E-state index contributed by atoms with van der Waals surface area (Å²) in [5, 5.41) is 5.28. The molecule has 4 aliphatic heterocycles. The Hall–Kier alpha value is -4.58. The maximum Gasteiger partial charge on any atom is 0.389 e. The second-order valence-electron chi connectivity index (χ2n) is 13.1. The molecule has 292 valence electrons. The van der Waals surface area contributed by atoms with Crippen LogP contribution in [0.4, 0.5) is 26.3 Å². The van der Waals surface area contributed by atoms with Crippen LogP contribution in [0.25, 0.3) is 0 Å². The van der Waals surface area contributed by atoms with E-state index in [1.807, 2.05) is 0 Å². The molecule has 0 bridgehead atoms. The third kappa shape index (κ3) is 7.41. The van der Waals surface area contributed by atoms with Gasteiger partial charge in [-0.05, 0) is 62.1 Å². The zero-order chi connectivity index (χ0) is 40.1. The number of esters is 2. The molecule has 4 atom stereocenters. The van der Waals surface area contributed by atoms with Gasteiger partial charge >= 0.3 is 24.3 Å². The Morgan fingerprint density at radius 3 is 1.35 bits per heavy atom. The van der Waals surface area contributed by atoms with Crippen molar-refractivity contribution in [1.29, 1.82) is 0 Å². The number of hydrogen-bond acceptors (Lipinski definition) is 10. The van der Waals surface area contributed by atoms with E-state index in [1.54, 1.807) is 0 Å². The lowest BCUT2D eigenvalue weighted by atomic mass is 9.78. The van der Waals surface area contributed by atoms with Gasteiger partial charge in [0.1, 0.15) is 11.5 Å². The molecule has 2 saturated heterocycles. The molecule has 2 fully saturated rings. The minimum atomic E-state index is -4.43. The molecule has 0 aromatic heterocycles. The number of carbonyl (C=O) groups is 6. The van der Waals surface area contributed by atoms with Gasteiger partial charge < -0.3 is 29.6 Å². The summed E-state index contributed by atoms with van der Waals surface area (Å²) < 4.78 is 95.6. The van der Waals surface area contributed by atoms with Crippen LogP contribution in [0.15, 0.2) is 36.4 Å². The first-order valence-corrected chi connectivity index (χ1v) is 16.8. The van der Waals surface area contributed by atoms with Crippen LogP contribution in [-0.4, -0.2) is 73.3 Å². The van der Waals surface area contributed by atoms with Crippen LogP contribution in [0.1, 0.15) is 72.1 Å². The highest BCUT2D eigenvalue weighted by Gasteiger charge is 2.67. The molecule has 4 aliphatic rings. The number of methoxy groups -OCH3 is 2. The fourth-order valence-corrected chi connectivity index (χ4v) is 7.40. The number of Topliss-reactive ketones (excluding diaryl/α,β-unsaturated/α-hetero) is 2. The highest BCUT2D eigenvalue weighted by molar-refractivity contribution is 6.31. The Bertz CT molecular complexity index is 1790. The number of benzene rings is 2. The minimum absolute atomic E-state index is 0.124. The quantitative estimate of drug-likeness (QED) is 0.183. The average Bonchev–Trinajstić information content (AvgIpc) is 3.73. The molecule has 54 heavy (non-hydrogen) atoms. The van der Waals surface area contributed by atoms with Gasteiger partial charge in [0.05, 0.1) is 25.3 Å². The molecule has 2 N–H and O–H groups in total. The van der Waals surface area contributed by atoms with Crippen molar-refractivity contribution < 1.29 is 74.1 Å². The SMILES string of the molecule is COC(=O)[C@@]1(CCCC(F)(F)F)C[C@@]2(NC1=O)Oc1ccc(Cl)cc1C2=O.COC(=O)[C@]1(CCCC(F)(F)F)C[C@]2(NC1=O)Oc1ccc(Cl)cc1C2=O. The second-order valence-corrected chi connectivity index (χ2v) is 14.0. The van der Waals surface area contributed by atoms with E-state index in [2.05, 4.69) is 20.1 Å². The van der Waals surface area contributed by atoms with E-state index in [0.717, 1.165) is 14.2 Å². The molecular formula is C34H30Cl2F6N2O10. The monoisotopic (exact) mass is 810 g/mol. The van der Waals surface area contributed by atoms with Gasteiger partial charge in [0.15, 0.2) is 10.8 Å². The van der Waals surface area contributed by atoms with Crippen molar-refractivity contribution in [3.8, 4) is 11.5 Å². The van der Waals surface area contributed by atoms with Crippen LogP contribution in [-0.2, 0) is 28.7 Å². The summed E-state index contributed by atoms with van der Waals surface area (Å²) in [6, 6.07) is 8.58. The van der Waals surface area contributed by atoms with E-state index in [1.165, 1.54) is 36.4 Å². The fraction of sp³-hybridized carbons (Fsp3) is 0.471. The molecule has 4 heterocycles. The van der Waals surface area contributed by atoms with Crippen molar-refractivity contribution >= 4 is 58.5 Å². The lowest BCUT2D eigenvalue weighted by Gasteiger charge is -2.25. The smallest absolute Gasteiger partial charge is 0.389 e. The van der Waals surface area contributed by atoms with Crippen molar-refractivity contribution in [2.75, 3.05) is 14.2 Å². The Balaban J connectivity index is 0.000000208. The number of hydrogen-bond donors (Lipinski definition) is 2. The lowest BCUT2D eigenvalue weighted by molar-refractivity contribution is -0.161. The molecule has 0 unspecified atom stereocenters. The number of amides is 2. The topological polar surface area (TPSA) is 163 Å². The number of halogens is 8. The molecule has 6 rings (SSSR count). The van der Waals surface area contributed by atoms with E-state index in [0.29, 0.717) is 0 Å². The highest BCUT2D eigenvalue weighted by Crippen LogP contribution is 2.50. The number of fused-ring (bicyclic) bond motifs is 2. The van der Waals surface area contributed by atoms with Gasteiger partial charge in [0, 0.05) is 35.7 Å². The molecule has 12 nitrogen and oxygen atoms in total. The summed E-state index contributed by atoms with van der Waals surface area (Å²) in [7, 11) is 2.05. The lowest BCUT2D eigenvalue weighted by Crippen LogP contribution is -2.50. The number of ketones is 2. The van der Waals surface area contributed by atoms with Gasteiger partial charge in [-0.25, -0.2) is 0 Å². The molecule has 0 aliphatic carbocycles. The Kier molecular flexibility index (Phi) is 10.7. The normalized spacial score (nSPS) is 26.7. The van der Waals surface area contributed by atoms with Gasteiger partial charge in [-0.1, -0.05) is 23.2 Å². The summed E-state index contributed by atoms with van der Waals surface area (Å²) in [6.07, 6.45) is -13.9. The minimum Gasteiger partial charge on any atom is -0.468 e. The van der Waals surface area contributed by atoms with Crippen LogP contribution in [0.3, 0.4) is 0 Å². The van der Waals surface area contributed by atoms with Crippen LogP contribution < -0.4 is 20.1 Å². The molecule has 2 spiro atoms. The number of alkyl halides is 6. The first kappa shape index (κ1) is 40.6. The second kappa shape index (κ2) is 14.2. The summed E-state index contributed by atoms with van der Waals surface area (Å²) in [5.74, 6) is -4.72. The van der Waals surface area contributed by atoms with E-state index >= 15 is 0 Å². The third-order valence-corrected chi connectivity index (χ3v) is 10.0. The van der Waals surface area contributed by atoms with Gasteiger partial charge in [0.2, 0.25) is 34.8 Å². The van der Waals surface area contributed by atoms with E-state index in [4.69, 9.17) is 32.7 Å². The maximum absolute atomic E-state index is 12.8. The Morgan fingerprint density at radius 2 is 1.04 bits per heavy atom. The first-order chi connectivity index (χ1) is 25.1. The van der Waals surface area contributed by atoms with Crippen molar-refractivity contribution in [3.63, 3.8) is 0 Å². The maximum atomic E-state index is 12.8. The first-order valence-electron chi connectivity index (χ1n) is 16.1. The van der Waals surface area contributed by atoms with Gasteiger partial charge in [-0.15, -0.1) is 0 Å². The zero-order valence-corrected chi connectivity index (χ0v) is 29.7. The summed E-state index contributed by atoms with van der Waals surface area (Å²) in [5.41, 5.74) is -7.37. The van der Waals surface area contributed by atoms with Gasteiger partial charge in [0.25, 0.3) is 0 Å². The number of rotatable bonds is 8. The number of carbonyl (C=O) groups excluding carboxylic acids is 6. The molecule has 2 aromatic carbocycles. The molecule has 2 aromatic rings. The number of ether oxygens (including phenoxy) is 4. The Morgan fingerprint density at radius 1 is 0.685 bits per heavy atom. The van der Waals surface area contributed by atoms with Crippen molar-refractivity contribution in [3.05, 3.63) is 57.6 Å². The van der Waals surface area contributed by atoms with Crippen molar-refractivity contribution in [1.82, 2.24) is 10.6 Å². The van der Waals surface area contributed by atoms with E-state index in [-0.39, 0.29) is 32.7 Å². The summed E-state index contributed by atoms with van der Waals surface area (Å²) in [4.78, 5) is 75.5. The zero-order valence-electron chi connectivity index (χ0n) is 28.2.